The molecule has 0 aromatic rings. The van der Waals surface area contributed by atoms with Crippen LogP contribution in [-0.4, -0.2) is 13.2 Å². The van der Waals surface area contributed by atoms with Crippen LogP contribution in [0.3, 0.4) is 0 Å². The van der Waals surface area contributed by atoms with Crippen LogP contribution in [0.4, 0.5) is 0 Å². The zero-order valence-corrected chi connectivity index (χ0v) is 10.6. The van der Waals surface area contributed by atoms with Crippen LogP contribution >= 0.6 is 0 Å². The third-order valence-electron chi connectivity index (χ3n) is 2.68. The predicted molar refractivity (Wildman–Crippen MR) is 68.0 cm³/mol. The number of hydrogen-bond acceptors (Lipinski definition) is 1. The van der Waals surface area contributed by atoms with Gasteiger partial charge < -0.3 is 4.74 Å². The largest absolute Gasteiger partial charge is 0.381 e. The van der Waals surface area contributed by atoms with Crippen molar-refractivity contribution in [3.05, 3.63) is 6.92 Å². The van der Waals surface area contributed by atoms with Gasteiger partial charge in [-0.05, 0) is 12.8 Å². The Hall–Kier alpha value is -0.0400. The molecule has 0 N–H and O–H groups in total. The van der Waals surface area contributed by atoms with Crippen molar-refractivity contribution in [2.45, 2.75) is 71.1 Å². The molecule has 91 valence electrons. The van der Waals surface area contributed by atoms with E-state index in [9.17, 15) is 0 Å². The van der Waals surface area contributed by atoms with Crippen LogP contribution in [0.15, 0.2) is 0 Å². The minimum atomic E-state index is 0.903. The third kappa shape index (κ3) is 14.0. The lowest BCUT2D eigenvalue weighted by Crippen LogP contribution is -1.96. The molecule has 0 aromatic carbocycles. The molecule has 1 nitrogen and oxygen atoms in total. The van der Waals surface area contributed by atoms with Crippen LogP contribution in [0.2, 0.25) is 0 Å². The SMILES string of the molecule is [CH2]CCCOCCCCCCCCCC. The van der Waals surface area contributed by atoms with E-state index in [1.807, 2.05) is 0 Å². The van der Waals surface area contributed by atoms with Crippen molar-refractivity contribution in [3.63, 3.8) is 0 Å². The first kappa shape index (κ1) is 15.0. The highest BCUT2D eigenvalue weighted by atomic mass is 16.5. The molecule has 15 heavy (non-hydrogen) atoms. The van der Waals surface area contributed by atoms with E-state index in [1.54, 1.807) is 0 Å². The van der Waals surface area contributed by atoms with Crippen LogP contribution in [0, 0.1) is 6.92 Å². The van der Waals surface area contributed by atoms with E-state index < -0.39 is 0 Å². The van der Waals surface area contributed by atoms with Gasteiger partial charge in [0.15, 0.2) is 0 Å². The molecule has 0 fully saturated rings. The van der Waals surface area contributed by atoms with Crippen molar-refractivity contribution in [2.24, 2.45) is 0 Å². The van der Waals surface area contributed by atoms with E-state index in [-0.39, 0.29) is 0 Å². The van der Waals surface area contributed by atoms with Crippen molar-refractivity contribution >= 4 is 0 Å². The molecule has 0 spiro atoms. The smallest absolute Gasteiger partial charge is 0.0466 e. The highest BCUT2D eigenvalue weighted by molar-refractivity contribution is 4.46. The monoisotopic (exact) mass is 213 g/mol. The summed E-state index contributed by atoms with van der Waals surface area (Å²) in [6.45, 7) is 7.91. The van der Waals surface area contributed by atoms with Crippen molar-refractivity contribution in [2.75, 3.05) is 13.2 Å². The van der Waals surface area contributed by atoms with E-state index in [1.165, 1.54) is 51.4 Å². The quantitative estimate of drug-likeness (QED) is 0.425. The minimum Gasteiger partial charge on any atom is -0.381 e. The van der Waals surface area contributed by atoms with Gasteiger partial charge >= 0.3 is 0 Å². The topological polar surface area (TPSA) is 9.23 Å². The van der Waals surface area contributed by atoms with Crippen molar-refractivity contribution < 1.29 is 4.74 Å². The summed E-state index contributed by atoms with van der Waals surface area (Å²) in [5, 5.41) is 0. The summed E-state index contributed by atoms with van der Waals surface area (Å²) in [5.74, 6) is 0. The molecule has 0 unspecified atom stereocenters. The average Bonchev–Trinajstić information content (AvgIpc) is 2.26. The van der Waals surface area contributed by atoms with Gasteiger partial charge in [0.2, 0.25) is 0 Å². The number of rotatable bonds is 12. The minimum absolute atomic E-state index is 0.903. The van der Waals surface area contributed by atoms with E-state index >= 15 is 0 Å². The maximum absolute atomic E-state index is 5.48. The lowest BCUT2D eigenvalue weighted by atomic mass is 10.1. The van der Waals surface area contributed by atoms with Gasteiger partial charge in [-0.1, -0.05) is 65.2 Å². The molecule has 0 aromatic heterocycles. The Morgan fingerprint density at radius 3 is 1.87 bits per heavy atom. The van der Waals surface area contributed by atoms with Crippen molar-refractivity contribution in [3.8, 4) is 0 Å². The van der Waals surface area contributed by atoms with Crippen LogP contribution in [0.1, 0.15) is 71.1 Å². The first-order valence-corrected chi connectivity index (χ1v) is 6.78. The van der Waals surface area contributed by atoms with Crippen LogP contribution in [0.25, 0.3) is 0 Å². The van der Waals surface area contributed by atoms with E-state index in [0.717, 1.165) is 26.1 Å². The number of unbranched alkanes of at least 4 members (excludes halogenated alkanes) is 8. The Labute approximate surface area is 96.6 Å². The maximum atomic E-state index is 5.48. The molecular weight excluding hydrogens is 184 g/mol. The molecular formula is C14H29O. The lowest BCUT2D eigenvalue weighted by molar-refractivity contribution is 0.128. The molecule has 0 amide bonds. The molecule has 0 saturated heterocycles. The summed E-state index contributed by atoms with van der Waals surface area (Å²) >= 11 is 0. The molecule has 1 radical (unpaired) electrons. The van der Waals surface area contributed by atoms with Crippen molar-refractivity contribution in [1.29, 1.82) is 0 Å². The molecule has 0 atom stereocenters. The fraction of sp³-hybridized carbons (Fsp3) is 0.929. The van der Waals surface area contributed by atoms with Crippen LogP contribution < -0.4 is 0 Å². The standard InChI is InChI=1S/C14H29O/c1-3-5-7-8-9-10-11-12-14-15-13-6-4-2/h2-14H2,1H3. The average molecular weight is 213 g/mol. The molecule has 1 heteroatoms. The van der Waals surface area contributed by atoms with Gasteiger partial charge in [-0.2, -0.15) is 0 Å². The van der Waals surface area contributed by atoms with E-state index in [2.05, 4.69) is 13.8 Å². The second-order valence-electron chi connectivity index (χ2n) is 4.29. The molecule has 0 aliphatic heterocycles. The van der Waals surface area contributed by atoms with Gasteiger partial charge in [0.1, 0.15) is 0 Å². The highest BCUT2D eigenvalue weighted by Gasteiger charge is 1.92. The normalized spacial score (nSPS) is 10.8. The van der Waals surface area contributed by atoms with Gasteiger partial charge in [-0.25, -0.2) is 0 Å². The molecule has 0 rings (SSSR count). The predicted octanol–water partition coefficient (Wildman–Crippen LogP) is 4.76. The van der Waals surface area contributed by atoms with Gasteiger partial charge in [0.05, 0.1) is 0 Å². The van der Waals surface area contributed by atoms with E-state index in [4.69, 9.17) is 4.74 Å². The molecule has 0 heterocycles. The van der Waals surface area contributed by atoms with Gasteiger partial charge in [0, 0.05) is 13.2 Å². The van der Waals surface area contributed by atoms with Crippen LogP contribution in [-0.2, 0) is 4.74 Å². The Morgan fingerprint density at radius 1 is 0.733 bits per heavy atom. The number of hydrogen-bond donors (Lipinski definition) is 0. The third-order valence-corrected chi connectivity index (χ3v) is 2.68. The Kier molecular flexibility index (Phi) is 13.9. The highest BCUT2D eigenvalue weighted by Crippen LogP contribution is 2.08. The fourth-order valence-corrected chi connectivity index (χ4v) is 1.64. The first-order chi connectivity index (χ1) is 7.41. The summed E-state index contributed by atoms with van der Waals surface area (Å²) in [6.07, 6.45) is 13.1. The lowest BCUT2D eigenvalue weighted by Gasteiger charge is -2.03. The van der Waals surface area contributed by atoms with Crippen molar-refractivity contribution in [1.82, 2.24) is 0 Å². The Morgan fingerprint density at radius 2 is 1.27 bits per heavy atom. The van der Waals surface area contributed by atoms with Gasteiger partial charge in [-0.3, -0.25) is 0 Å². The zero-order valence-electron chi connectivity index (χ0n) is 10.6. The summed E-state index contributed by atoms with van der Waals surface area (Å²) < 4.78 is 5.48. The summed E-state index contributed by atoms with van der Waals surface area (Å²) in [4.78, 5) is 0. The summed E-state index contributed by atoms with van der Waals surface area (Å²) in [7, 11) is 0. The Bertz CT molecular complexity index is 89.5. The van der Waals surface area contributed by atoms with Gasteiger partial charge in [0.25, 0.3) is 0 Å². The molecule has 0 aliphatic rings. The summed E-state index contributed by atoms with van der Waals surface area (Å²) in [6, 6.07) is 0. The van der Waals surface area contributed by atoms with Crippen LogP contribution in [0.5, 0.6) is 0 Å². The zero-order chi connectivity index (χ0) is 11.2. The fourth-order valence-electron chi connectivity index (χ4n) is 1.64. The number of ether oxygens (including phenoxy) is 1. The van der Waals surface area contributed by atoms with E-state index in [0.29, 0.717) is 0 Å². The molecule has 0 aliphatic carbocycles. The first-order valence-electron chi connectivity index (χ1n) is 6.78. The molecule has 0 bridgehead atoms. The second-order valence-corrected chi connectivity index (χ2v) is 4.29. The van der Waals surface area contributed by atoms with Gasteiger partial charge in [-0.15, -0.1) is 0 Å². The maximum Gasteiger partial charge on any atom is 0.0466 e. The second kappa shape index (κ2) is 14.0. The Balaban J connectivity index is 2.81. The summed E-state index contributed by atoms with van der Waals surface area (Å²) in [5.41, 5.74) is 0. The molecule has 0 saturated carbocycles.